The van der Waals surface area contributed by atoms with Gasteiger partial charge in [-0.3, -0.25) is 14.9 Å². The van der Waals surface area contributed by atoms with Gasteiger partial charge in [0.2, 0.25) is 11.9 Å². The highest BCUT2D eigenvalue weighted by atomic mass is 32.2. The van der Waals surface area contributed by atoms with Crippen molar-refractivity contribution in [2.24, 2.45) is 0 Å². The van der Waals surface area contributed by atoms with Crippen LogP contribution in [0.25, 0.3) is 11.0 Å². The molecule has 21 heavy (non-hydrogen) atoms. The van der Waals surface area contributed by atoms with Crippen LogP contribution in [0.5, 0.6) is 0 Å². The third-order valence-corrected chi connectivity index (χ3v) is 3.65. The Labute approximate surface area is 124 Å². The highest BCUT2D eigenvalue weighted by Gasteiger charge is 2.13. The number of aryl methyl sites for hydroxylation is 1. The van der Waals surface area contributed by atoms with Crippen LogP contribution < -0.4 is 5.32 Å². The summed E-state index contributed by atoms with van der Waals surface area (Å²) >= 11 is 1.00. The molecule has 2 aromatic rings. The van der Waals surface area contributed by atoms with Crippen LogP contribution in [0.3, 0.4) is 0 Å². The molecule has 112 valence electrons. The number of carbonyl (C=O) groups is 2. The Morgan fingerprint density at radius 2 is 2.19 bits per heavy atom. The van der Waals surface area contributed by atoms with Crippen molar-refractivity contribution in [3.05, 3.63) is 24.0 Å². The predicted molar refractivity (Wildman–Crippen MR) is 79.0 cm³/mol. The lowest BCUT2D eigenvalue weighted by Gasteiger charge is -2.07. The molecule has 2 N–H and O–H groups in total. The van der Waals surface area contributed by atoms with Crippen LogP contribution in [-0.2, 0) is 16.1 Å². The van der Waals surface area contributed by atoms with Crippen LogP contribution >= 0.6 is 11.8 Å². The molecule has 0 fully saturated rings. The number of nitrogens with one attached hydrogen (secondary N) is 1. The normalized spacial score (nSPS) is 10.8. The van der Waals surface area contributed by atoms with E-state index in [1.54, 1.807) is 10.6 Å². The zero-order chi connectivity index (χ0) is 15.4. The molecule has 1 amide bonds. The number of thioether (sulfide) groups is 1. The second-order valence-corrected chi connectivity index (χ2v) is 5.23. The first-order valence-electron chi connectivity index (χ1n) is 6.26. The van der Waals surface area contributed by atoms with Crippen molar-refractivity contribution < 1.29 is 19.1 Å². The first kappa shape index (κ1) is 15.3. The third kappa shape index (κ3) is 3.72. The number of fused-ring (bicyclic) bond motifs is 1. The number of carboxylic acid groups (broad SMARTS) is 1. The summed E-state index contributed by atoms with van der Waals surface area (Å²) in [6.07, 6.45) is 0. The number of amides is 1. The largest absolute Gasteiger partial charge is 0.481 e. The van der Waals surface area contributed by atoms with Gasteiger partial charge in [-0.05, 0) is 19.1 Å². The molecule has 0 aliphatic carbocycles. The number of carboxylic acids is 1. The fourth-order valence-electron chi connectivity index (χ4n) is 1.91. The van der Waals surface area contributed by atoms with Gasteiger partial charge in [0.05, 0.1) is 22.5 Å². The minimum absolute atomic E-state index is 0.0214. The topological polar surface area (TPSA) is 84.2 Å². The number of anilines is 1. The molecular weight excluding hydrogens is 297 g/mol. The number of aliphatic carboxylic acids is 1. The molecule has 0 saturated heterocycles. The number of imidazole rings is 1. The number of rotatable bonds is 6. The van der Waals surface area contributed by atoms with E-state index in [-0.39, 0.29) is 17.4 Å². The van der Waals surface area contributed by atoms with Crippen molar-refractivity contribution in [2.45, 2.75) is 13.5 Å². The van der Waals surface area contributed by atoms with E-state index in [1.165, 1.54) is 12.1 Å². The van der Waals surface area contributed by atoms with Crippen LogP contribution in [0.4, 0.5) is 10.3 Å². The number of halogens is 1. The Hall–Kier alpha value is -2.09. The van der Waals surface area contributed by atoms with E-state index >= 15 is 0 Å². The highest BCUT2D eigenvalue weighted by Crippen LogP contribution is 2.20. The van der Waals surface area contributed by atoms with Gasteiger partial charge in [-0.1, -0.05) is 0 Å². The summed E-state index contributed by atoms with van der Waals surface area (Å²) in [4.78, 5) is 26.3. The van der Waals surface area contributed by atoms with Gasteiger partial charge in [0.15, 0.2) is 0 Å². The van der Waals surface area contributed by atoms with E-state index in [2.05, 4.69) is 10.3 Å². The number of benzene rings is 1. The van der Waals surface area contributed by atoms with E-state index in [0.717, 1.165) is 17.3 Å². The Bertz CT molecular complexity index is 687. The predicted octanol–water partition coefficient (Wildman–Crippen LogP) is 1.95. The molecule has 0 unspecified atom stereocenters. The zero-order valence-corrected chi connectivity index (χ0v) is 12.1. The molecule has 8 heteroatoms. The zero-order valence-electron chi connectivity index (χ0n) is 11.3. The van der Waals surface area contributed by atoms with Crippen molar-refractivity contribution in [1.29, 1.82) is 0 Å². The Kier molecular flexibility index (Phi) is 4.79. The quantitative estimate of drug-likeness (QED) is 0.852. The first-order chi connectivity index (χ1) is 10.0. The Balaban J connectivity index is 2.14. The van der Waals surface area contributed by atoms with Gasteiger partial charge < -0.3 is 9.67 Å². The molecule has 6 nitrogen and oxygen atoms in total. The summed E-state index contributed by atoms with van der Waals surface area (Å²) in [7, 11) is 0. The molecule has 0 spiro atoms. The lowest BCUT2D eigenvalue weighted by atomic mass is 10.3. The maximum Gasteiger partial charge on any atom is 0.313 e. The molecule has 0 atom stereocenters. The summed E-state index contributed by atoms with van der Waals surface area (Å²) in [6, 6.07) is 4.25. The van der Waals surface area contributed by atoms with E-state index < -0.39 is 11.8 Å². The van der Waals surface area contributed by atoms with Gasteiger partial charge >= 0.3 is 5.97 Å². The Morgan fingerprint density at radius 3 is 2.86 bits per heavy atom. The van der Waals surface area contributed by atoms with Gasteiger partial charge in [-0.15, -0.1) is 11.8 Å². The maximum absolute atomic E-state index is 13.2. The summed E-state index contributed by atoms with van der Waals surface area (Å²) in [6.45, 7) is 2.46. The minimum atomic E-state index is -0.968. The molecular formula is C13H14FN3O3S. The molecule has 2 rings (SSSR count). The van der Waals surface area contributed by atoms with E-state index in [0.29, 0.717) is 18.0 Å². The van der Waals surface area contributed by atoms with E-state index in [4.69, 9.17) is 5.11 Å². The van der Waals surface area contributed by atoms with Gasteiger partial charge in [-0.25, -0.2) is 9.37 Å². The van der Waals surface area contributed by atoms with Crippen molar-refractivity contribution in [3.8, 4) is 0 Å². The van der Waals surface area contributed by atoms with Gasteiger partial charge in [0.1, 0.15) is 5.82 Å². The molecule has 0 radical (unpaired) electrons. The van der Waals surface area contributed by atoms with Gasteiger partial charge in [-0.2, -0.15) is 0 Å². The summed E-state index contributed by atoms with van der Waals surface area (Å²) in [5.41, 5.74) is 1.19. The number of aromatic nitrogens is 2. The van der Waals surface area contributed by atoms with Crippen LogP contribution in [0.2, 0.25) is 0 Å². The average molecular weight is 311 g/mol. The van der Waals surface area contributed by atoms with Crippen LogP contribution in [0.1, 0.15) is 6.92 Å². The molecule has 1 aromatic heterocycles. The summed E-state index contributed by atoms with van der Waals surface area (Å²) < 4.78 is 14.9. The van der Waals surface area contributed by atoms with Crippen LogP contribution in [0.15, 0.2) is 18.2 Å². The smallest absolute Gasteiger partial charge is 0.313 e. The van der Waals surface area contributed by atoms with Gasteiger partial charge in [0.25, 0.3) is 0 Å². The lowest BCUT2D eigenvalue weighted by Crippen LogP contribution is -2.18. The SMILES string of the molecule is CCn1c(NC(=O)CSCC(=O)O)nc2cc(F)ccc21. The third-order valence-electron chi connectivity index (χ3n) is 2.74. The number of hydrogen-bond donors (Lipinski definition) is 2. The number of nitrogens with zero attached hydrogens (tertiary/aromatic N) is 2. The van der Waals surface area contributed by atoms with Crippen molar-refractivity contribution in [1.82, 2.24) is 9.55 Å². The second-order valence-electron chi connectivity index (χ2n) is 4.25. The first-order valence-corrected chi connectivity index (χ1v) is 7.42. The van der Waals surface area contributed by atoms with Crippen LogP contribution in [-0.4, -0.2) is 38.0 Å². The van der Waals surface area contributed by atoms with Crippen molar-refractivity contribution in [2.75, 3.05) is 16.8 Å². The monoisotopic (exact) mass is 311 g/mol. The lowest BCUT2D eigenvalue weighted by molar-refractivity contribution is -0.133. The summed E-state index contributed by atoms with van der Waals surface area (Å²) in [5.74, 6) is -1.48. The van der Waals surface area contributed by atoms with E-state index in [1.807, 2.05) is 6.92 Å². The summed E-state index contributed by atoms with van der Waals surface area (Å²) in [5, 5.41) is 11.1. The van der Waals surface area contributed by atoms with Crippen molar-refractivity contribution >= 4 is 40.6 Å². The van der Waals surface area contributed by atoms with Crippen molar-refractivity contribution in [3.63, 3.8) is 0 Å². The molecule has 1 heterocycles. The molecule has 0 aliphatic rings. The maximum atomic E-state index is 13.2. The number of carbonyl (C=O) groups excluding carboxylic acids is 1. The standard InChI is InChI=1S/C13H14FN3O3S/c1-2-17-10-4-3-8(14)5-9(10)15-13(17)16-11(18)6-21-7-12(19)20/h3-5H,2,6-7H2,1H3,(H,19,20)(H,15,16,18). The Morgan fingerprint density at radius 1 is 1.43 bits per heavy atom. The van der Waals surface area contributed by atoms with Crippen LogP contribution in [0, 0.1) is 5.82 Å². The minimum Gasteiger partial charge on any atom is -0.481 e. The fourth-order valence-corrected chi connectivity index (χ4v) is 2.44. The van der Waals surface area contributed by atoms with Gasteiger partial charge in [0, 0.05) is 12.6 Å². The molecule has 1 aromatic carbocycles. The van der Waals surface area contributed by atoms with E-state index in [9.17, 15) is 14.0 Å². The number of hydrogen-bond acceptors (Lipinski definition) is 4. The molecule has 0 saturated carbocycles. The molecule has 0 bridgehead atoms. The fraction of sp³-hybridized carbons (Fsp3) is 0.308. The highest BCUT2D eigenvalue weighted by molar-refractivity contribution is 8.00. The second kappa shape index (κ2) is 6.57. The average Bonchev–Trinajstić information content (AvgIpc) is 2.74. The molecule has 0 aliphatic heterocycles.